The van der Waals surface area contributed by atoms with Crippen molar-refractivity contribution in [3.63, 3.8) is 0 Å². The number of ether oxygens (including phenoxy) is 1. The Hall–Kier alpha value is -2.94. The molecule has 0 saturated heterocycles. The standard InChI is InChI=1S/C37H64N2O7/c1-3-5-7-9-11-12-13-14-16-18-22-26-32(46-36(43)29-25-21-15-10-8-6-4-2)27-23-19-17-20-24-28-34(41)38-30-35(42)39-33(31-40)37(44)45/h11-12,14,16,22,26,32-33,40H,3-10,13,15,17-21,23-25,27-31H2,1-2H3,(H,38,41)(H,39,42)(H,44,45)/b12-11-,16-14-,26-22-. The molecular formula is C37H64N2O7. The van der Waals surface area contributed by atoms with E-state index >= 15 is 0 Å². The number of esters is 1. The summed E-state index contributed by atoms with van der Waals surface area (Å²) in [6.45, 7) is 3.37. The predicted octanol–water partition coefficient (Wildman–Crippen LogP) is 7.48. The SMILES string of the molecule is CCCCC/C=C\C/C=C\C/C=C\C(CCCCCCCC(=O)NCC(=O)NC(CO)C(=O)O)OC(=O)CCCCCCCCC. The fourth-order valence-electron chi connectivity index (χ4n) is 4.81. The second kappa shape index (κ2) is 32.0. The molecular weight excluding hydrogens is 584 g/mol. The predicted molar refractivity (Wildman–Crippen MR) is 185 cm³/mol. The Morgan fingerprint density at radius 3 is 1.89 bits per heavy atom. The monoisotopic (exact) mass is 648 g/mol. The zero-order chi connectivity index (χ0) is 34.1. The second-order valence-electron chi connectivity index (χ2n) is 12.0. The molecule has 0 aliphatic heterocycles. The minimum absolute atomic E-state index is 0.124. The van der Waals surface area contributed by atoms with Gasteiger partial charge in [0, 0.05) is 12.8 Å². The van der Waals surface area contributed by atoms with Crippen molar-refractivity contribution in [2.45, 2.75) is 161 Å². The van der Waals surface area contributed by atoms with Gasteiger partial charge in [-0.15, -0.1) is 0 Å². The van der Waals surface area contributed by atoms with Crippen LogP contribution in [0.3, 0.4) is 0 Å². The number of carboxylic acid groups (broad SMARTS) is 1. The van der Waals surface area contributed by atoms with E-state index < -0.39 is 24.5 Å². The summed E-state index contributed by atoms with van der Waals surface area (Å²) in [6, 6.07) is -1.39. The van der Waals surface area contributed by atoms with Gasteiger partial charge in [0.15, 0.2) is 0 Å². The summed E-state index contributed by atoms with van der Waals surface area (Å²) in [5.41, 5.74) is 0. The van der Waals surface area contributed by atoms with Crippen molar-refractivity contribution in [2.24, 2.45) is 0 Å². The molecule has 9 heteroatoms. The Morgan fingerprint density at radius 1 is 0.674 bits per heavy atom. The lowest BCUT2D eigenvalue weighted by molar-refractivity contribution is -0.147. The summed E-state index contributed by atoms with van der Waals surface area (Å²) in [4.78, 5) is 47.1. The van der Waals surface area contributed by atoms with Crippen LogP contribution in [0, 0.1) is 0 Å². The van der Waals surface area contributed by atoms with Crippen molar-refractivity contribution in [3.05, 3.63) is 36.5 Å². The molecule has 0 saturated carbocycles. The first-order valence-electron chi connectivity index (χ1n) is 17.9. The van der Waals surface area contributed by atoms with Gasteiger partial charge in [0.1, 0.15) is 12.1 Å². The van der Waals surface area contributed by atoms with Gasteiger partial charge in [0.25, 0.3) is 0 Å². The number of rotatable bonds is 31. The maximum atomic E-state index is 12.5. The van der Waals surface area contributed by atoms with Crippen LogP contribution >= 0.6 is 0 Å². The van der Waals surface area contributed by atoms with Gasteiger partial charge >= 0.3 is 11.9 Å². The molecule has 0 radical (unpaired) electrons. The van der Waals surface area contributed by atoms with Gasteiger partial charge in [-0.2, -0.15) is 0 Å². The molecule has 0 fully saturated rings. The molecule has 4 N–H and O–H groups in total. The van der Waals surface area contributed by atoms with Gasteiger partial charge in [-0.05, 0) is 57.4 Å². The number of nitrogens with one attached hydrogen (secondary N) is 2. The van der Waals surface area contributed by atoms with E-state index in [1.165, 1.54) is 51.4 Å². The van der Waals surface area contributed by atoms with E-state index in [-0.39, 0.29) is 30.9 Å². The molecule has 2 unspecified atom stereocenters. The largest absolute Gasteiger partial charge is 0.480 e. The molecule has 0 spiro atoms. The minimum atomic E-state index is -1.39. The number of hydrogen-bond acceptors (Lipinski definition) is 6. The molecule has 0 aromatic heterocycles. The van der Waals surface area contributed by atoms with E-state index in [1.54, 1.807) is 0 Å². The number of carbonyl (C=O) groups is 4. The number of carbonyl (C=O) groups excluding carboxylic acids is 3. The number of unbranched alkanes of at least 4 members (excludes halogenated alkanes) is 13. The smallest absolute Gasteiger partial charge is 0.328 e. The van der Waals surface area contributed by atoms with Crippen molar-refractivity contribution in [1.29, 1.82) is 0 Å². The summed E-state index contributed by atoms with van der Waals surface area (Å²) < 4.78 is 5.84. The van der Waals surface area contributed by atoms with E-state index in [0.29, 0.717) is 12.8 Å². The normalized spacial score (nSPS) is 12.9. The highest BCUT2D eigenvalue weighted by Crippen LogP contribution is 2.14. The second-order valence-corrected chi connectivity index (χ2v) is 12.0. The zero-order valence-corrected chi connectivity index (χ0v) is 28.8. The first kappa shape index (κ1) is 43.1. The van der Waals surface area contributed by atoms with Gasteiger partial charge in [0.05, 0.1) is 13.2 Å². The van der Waals surface area contributed by atoms with Crippen LogP contribution in [0.4, 0.5) is 0 Å². The van der Waals surface area contributed by atoms with Crippen molar-refractivity contribution in [2.75, 3.05) is 13.2 Å². The van der Waals surface area contributed by atoms with E-state index in [2.05, 4.69) is 54.9 Å². The zero-order valence-electron chi connectivity index (χ0n) is 28.8. The average Bonchev–Trinajstić information content (AvgIpc) is 3.03. The third-order valence-corrected chi connectivity index (χ3v) is 7.62. The Bertz CT molecular complexity index is 885. The first-order chi connectivity index (χ1) is 22.3. The highest BCUT2D eigenvalue weighted by molar-refractivity contribution is 5.87. The number of allylic oxidation sites excluding steroid dienone is 5. The fourth-order valence-corrected chi connectivity index (χ4v) is 4.81. The van der Waals surface area contributed by atoms with Crippen LogP contribution in [0.1, 0.15) is 149 Å². The van der Waals surface area contributed by atoms with Crippen molar-refractivity contribution < 1.29 is 34.1 Å². The number of aliphatic carboxylic acids is 1. The fraction of sp³-hybridized carbons (Fsp3) is 0.730. The molecule has 0 heterocycles. The van der Waals surface area contributed by atoms with Crippen LogP contribution in [0.15, 0.2) is 36.5 Å². The van der Waals surface area contributed by atoms with Crippen molar-refractivity contribution >= 4 is 23.8 Å². The van der Waals surface area contributed by atoms with Gasteiger partial charge in [0.2, 0.25) is 11.8 Å². The van der Waals surface area contributed by atoms with Crippen LogP contribution in [0.5, 0.6) is 0 Å². The lowest BCUT2D eigenvalue weighted by Crippen LogP contribution is -2.47. The summed E-state index contributed by atoms with van der Waals surface area (Å²) >= 11 is 0. The van der Waals surface area contributed by atoms with Gasteiger partial charge in [-0.25, -0.2) is 4.79 Å². The number of aliphatic hydroxyl groups excluding tert-OH is 1. The van der Waals surface area contributed by atoms with E-state index in [9.17, 15) is 19.2 Å². The molecule has 0 aliphatic carbocycles. The summed E-state index contributed by atoms with van der Waals surface area (Å²) in [7, 11) is 0. The third-order valence-electron chi connectivity index (χ3n) is 7.62. The van der Waals surface area contributed by atoms with Gasteiger partial charge in [-0.3, -0.25) is 14.4 Å². The summed E-state index contributed by atoms with van der Waals surface area (Å²) in [5, 5.41) is 22.4. The van der Waals surface area contributed by atoms with Crippen LogP contribution < -0.4 is 10.6 Å². The molecule has 0 aromatic rings. The average molecular weight is 649 g/mol. The van der Waals surface area contributed by atoms with Gasteiger partial charge in [-0.1, -0.05) is 115 Å². The van der Waals surface area contributed by atoms with E-state index in [1.807, 2.05) is 6.08 Å². The minimum Gasteiger partial charge on any atom is -0.480 e. The highest BCUT2D eigenvalue weighted by atomic mass is 16.5. The Balaban J connectivity index is 4.42. The quantitative estimate of drug-likeness (QED) is 0.0347. The molecule has 46 heavy (non-hydrogen) atoms. The number of aliphatic hydroxyl groups is 1. The molecule has 2 amide bonds. The van der Waals surface area contributed by atoms with Crippen LogP contribution in [-0.2, 0) is 23.9 Å². The van der Waals surface area contributed by atoms with Crippen molar-refractivity contribution in [3.8, 4) is 0 Å². The number of carboxylic acids is 1. The Labute approximate surface area is 278 Å². The van der Waals surface area contributed by atoms with Crippen molar-refractivity contribution in [1.82, 2.24) is 10.6 Å². The maximum Gasteiger partial charge on any atom is 0.328 e. The number of amides is 2. The lowest BCUT2D eigenvalue weighted by atomic mass is 10.1. The lowest BCUT2D eigenvalue weighted by Gasteiger charge is -2.15. The van der Waals surface area contributed by atoms with E-state index in [0.717, 1.165) is 64.2 Å². The molecule has 0 bridgehead atoms. The molecule has 0 aromatic carbocycles. The first-order valence-corrected chi connectivity index (χ1v) is 17.9. The third kappa shape index (κ3) is 28.5. The molecule has 2 atom stereocenters. The maximum absolute atomic E-state index is 12.5. The Kier molecular flexibility index (Phi) is 30.0. The van der Waals surface area contributed by atoms with Gasteiger partial charge < -0.3 is 25.6 Å². The van der Waals surface area contributed by atoms with Crippen LogP contribution in [-0.4, -0.2) is 59.3 Å². The molecule has 9 nitrogen and oxygen atoms in total. The molecule has 264 valence electrons. The number of hydrogen-bond donors (Lipinski definition) is 4. The summed E-state index contributed by atoms with van der Waals surface area (Å²) in [5.74, 6) is -2.40. The molecule has 0 aliphatic rings. The van der Waals surface area contributed by atoms with Crippen LogP contribution in [0.25, 0.3) is 0 Å². The Morgan fingerprint density at radius 2 is 1.24 bits per heavy atom. The highest BCUT2D eigenvalue weighted by Gasteiger charge is 2.18. The van der Waals surface area contributed by atoms with E-state index in [4.69, 9.17) is 14.9 Å². The summed E-state index contributed by atoms with van der Waals surface area (Å²) in [6.07, 6.45) is 33.3. The van der Waals surface area contributed by atoms with Crippen LogP contribution in [0.2, 0.25) is 0 Å². The topological polar surface area (TPSA) is 142 Å². The molecule has 0 rings (SSSR count).